The molecule has 0 aliphatic rings. The molecule has 0 aliphatic heterocycles. The third kappa shape index (κ3) is 1.90. The lowest BCUT2D eigenvalue weighted by Crippen LogP contribution is -1.92. The molecule has 0 aliphatic carbocycles. The number of thiophene rings is 2. The van der Waals surface area contributed by atoms with Crippen molar-refractivity contribution in [3.63, 3.8) is 0 Å². The second kappa shape index (κ2) is 4.26. The van der Waals surface area contributed by atoms with Crippen molar-refractivity contribution in [1.29, 1.82) is 0 Å². The zero-order valence-electron chi connectivity index (χ0n) is 7.77. The summed E-state index contributed by atoms with van der Waals surface area (Å²) in [6, 6.07) is 4.20. The Balaban J connectivity index is 2.17. The molecule has 0 aromatic carbocycles. The molecule has 2 aromatic rings. The summed E-state index contributed by atoms with van der Waals surface area (Å²) in [5, 5.41) is 11.9. The number of rotatable bonds is 4. The Kier molecular flexibility index (Phi) is 3.01. The van der Waals surface area contributed by atoms with Crippen LogP contribution in [0.2, 0.25) is 0 Å². The van der Waals surface area contributed by atoms with Crippen LogP contribution in [0.1, 0.15) is 23.8 Å². The van der Waals surface area contributed by atoms with Crippen molar-refractivity contribution < 1.29 is 5.11 Å². The quantitative estimate of drug-likeness (QED) is 0.779. The fraction of sp³-hybridized carbons (Fsp3) is 0.273. The van der Waals surface area contributed by atoms with Gasteiger partial charge in [-0.3, -0.25) is 0 Å². The van der Waals surface area contributed by atoms with E-state index in [0.29, 0.717) is 0 Å². The highest BCUT2D eigenvalue weighted by molar-refractivity contribution is 7.26. The van der Waals surface area contributed by atoms with Crippen LogP contribution < -0.4 is 0 Å². The summed E-state index contributed by atoms with van der Waals surface area (Å²) in [6.07, 6.45) is 3.17. The van der Waals surface area contributed by atoms with Gasteiger partial charge in [-0.1, -0.05) is 6.08 Å². The number of hydrogen-bond acceptors (Lipinski definition) is 3. The normalized spacial score (nSPS) is 13.2. The second-order valence-corrected chi connectivity index (χ2v) is 5.24. The van der Waals surface area contributed by atoms with E-state index >= 15 is 0 Å². The first-order valence-corrected chi connectivity index (χ1v) is 6.27. The van der Waals surface area contributed by atoms with Crippen LogP contribution in [0.15, 0.2) is 30.2 Å². The molecule has 1 atom stereocenters. The summed E-state index contributed by atoms with van der Waals surface area (Å²) in [4.78, 5) is 1.08. The van der Waals surface area contributed by atoms with E-state index in [1.165, 1.54) is 9.40 Å². The molecule has 2 heterocycles. The highest BCUT2D eigenvalue weighted by Gasteiger charge is 2.10. The number of fused-ring (bicyclic) bond motifs is 1. The molecule has 3 heteroatoms. The molecule has 0 spiro atoms. The van der Waals surface area contributed by atoms with E-state index < -0.39 is 0 Å². The monoisotopic (exact) mass is 224 g/mol. The van der Waals surface area contributed by atoms with Gasteiger partial charge in [0.1, 0.15) is 0 Å². The zero-order chi connectivity index (χ0) is 9.97. The Hall–Kier alpha value is -0.640. The first-order valence-electron chi connectivity index (χ1n) is 4.57. The van der Waals surface area contributed by atoms with Crippen molar-refractivity contribution in [1.82, 2.24) is 0 Å². The molecular formula is C11H12OS2. The molecule has 1 nitrogen and oxygen atoms in total. The standard InChI is InChI=1S/C11H12OS2/c1-2-3-4-8(12)10-7-11-9(14-10)5-6-13-11/h2,5-8,12H,1,3-4H2. The van der Waals surface area contributed by atoms with Crippen LogP contribution in [0.4, 0.5) is 0 Å². The summed E-state index contributed by atoms with van der Waals surface area (Å²) >= 11 is 3.42. The van der Waals surface area contributed by atoms with Crippen molar-refractivity contribution >= 4 is 32.1 Å². The van der Waals surface area contributed by atoms with Crippen LogP contribution in [0, 0.1) is 0 Å². The van der Waals surface area contributed by atoms with Crippen LogP contribution in [-0.4, -0.2) is 5.11 Å². The maximum absolute atomic E-state index is 9.84. The Morgan fingerprint density at radius 3 is 3.07 bits per heavy atom. The van der Waals surface area contributed by atoms with Gasteiger partial charge in [-0.25, -0.2) is 0 Å². The Labute approximate surface area is 91.3 Å². The van der Waals surface area contributed by atoms with Crippen molar-refractivity contribution in [2.45, 2.75) is 18.9 Å². The smallest absolute Gasteiger partial charge is 0.0885 e. The van der Waals surface area contributed by atoms with Gasteiger partial charge in [0, 0.05) is 14.3 Å². The fourth-order valence-electron chi connectivity index (χ4n) is 1.37. The molecule has 0 radical (unpaired) electrons. The third-order valence-electron chi connectivity index (χ3n) is 2.13. The predicted octanol–water partition coefficient (Wildman–Crippen LogP) is 3.96. The molecule has 0 bridgehead atoms. The topological polar surface area (TPSA) is 20.2 Å². The van der Waals surface area contributed by atoms with E-state index in [-0.39, 0.29) is 6.10 Å². The zero-order valence-corrected chi connectivity index (χ0v) is 9.40. The van der Waals surface area contributed by atoms with Gasteiger partial charge in [0.2, 0.25) is 0 Å². The van der Waals surface area contributed by atoms with Crippen LogP contribution in [0.5, 0.6) is 0 Å². The summed E-state index contributed by atoms with van der Waals surface area (Å²) in [6.45, 7) is 3.65. The summed E-state index contributed by atoms with van der Waals surface area (Å²) < 4.78 is 2.56. The van der Waals surface area contributed by atoms with Gasteiger partial charge in [-0.15, -0.1) is 29.3 Å². The molecule has 0 amide bonds. The molecule has 74 valence electrons. The van der Waals surface area contributed by atoms with E-state index in [1.807, 2.05) is 6.08 Å². The Bertz CT molecular complexity index is 399. The predicted molar refractivity (Wildman–Crippen MR) is 64.1 cm³/mol. The first kappa shape index (κ1) is 9.90. The minimum Gasteiger partial charge on any atom is -0.388 e. The van der Waals surface area contributed by atoms with E-state index in [0.717, 1.165) is 17.7 Å². The maximum atomic E-state index is 9.84. The number of hydrogen-bond donors (Lipinski definition) is 1. The minimum absolute atomic E-state index is 0.322. The highest BCUT2D eigenvalue weighted by atomic mass is 32.1. The average molecular weight is 224 g/mol. The summed E-state index contributed by atoms with van der Waals surface area (Å²) in [5.41, 5.74) is 0. The van der Waals surface area contributed by atoms with Gasteiger partial charge >= 0.3 is 0 Å². The van der Waals surface area contributed by atoms with Gasteiger partial charge in [0.15, 0.2) is 0 Å². The SMILES string of the molecule is C=CCCC(O)c1cc2sccc2s1. The molecule has 2 rings (SSSR count). The molecular weight excluding hydrogens is 212 g/mol. The third-order valence-corrected chi connectivity index (χ3v) is 4.33. The largest absolute Gasteiger partial charge is 0.388 e. The first-order chi connectivity index (χ1) is 6.81. The molecule has 1 N–H and O–H groups in total. The van der Waals surface area contributed by atoms with Crippen molar-refractivity contribution in [2.24, 2.45) is 0 Å². The van der Waals surface area contributed by atoms with Crippen molar-refractivity contribution in [3.8, 4) is 0 Å². The molecule has 2 aromatic heterocycles. The maximum Gasteiger partial charge on any atom is 0.0885 e. The van der Waals surface area contributed by atoms with E-state index in [1.54, 1.807) is 22.7 Å². The molecule has 1 unspecified atom stereocenters. The van der Waals surface area contributed by atoms with Crippen LogP contribution in [0.3, 0.4) is 0 Å². The summed E-state index contributed by atoms with van der Waals surface area (Å²) in [7, 11) is 0. The van der Waals surface area contributed by atoms with E-state index in [9.17, 15) is 5.11 Å². The van der Waals surface area contributed by atoms with Gasteiger partial charge in [0.05, 0.1) is 6.10 Å². The lowest BCUT2D eigenvalue weighted by molar-refractivity contribution is 0.172. The molecule has 0 fully saturated rings. The minimum atomic E-state index is -0.322. The molecule has 0 saturated heterocycles. The Morgan fingerprint density at radius 1 is 1.50 bits per heavy atom. The lowest BCUT2D eigenvalue weighted by atomic mass is 10.2. The number of aliphatic hydroxyl groups excluding tert-OH is 1. The second-order valence-electron chi connectivity index (χ2n) is 3.18. The van der Waals surface area contributed by atoms with Crippen LogP contribution in [-0.2, 0) is 0 Å². The molecule has 0 saturated carbocycles. The summed E-state index contributed by atoms with van der Waals surface area (Å²) in [5.74, 6) is 0. The number of allylic oxidation sites excluding steroid dienone is 1. The Morgan fingerprint density at radius 2 is 2.36 bits per heavy atom. The molecule has 14 heavy (non-hydrogen) atoms. The van der Waals surface area contributed by atoms with Gasteiger partial charge in [-0.2, -0.15) is 0 Å². The van der Waals surface area contributed by atoms with Gasteiger partial charge in [0.25, 0.3) is 0 Å². The van der Waals surface area contributed by atoms with Gasteiger partial charge in [-0.05, 0) is 30.4 Å². The number of aliphatic hydroxyl groups is 1. The lowest BCUT2D eigenvalue weighted by Gasteiger charge is -2.04. The average Bonchev–Trinajstić information content (AvgIpc) is 2.72. The van der Waals surface area contributed by atoms with Crippen LogP contribution in [0.25, 0.3) is 9.40 Å². The van der Waals surface area contributed by atoms with Crippen molar-refractivity contribution in [3.05, 3.63) is 35.0 Å². The highest BCUT2D eigenvalue weighted by Crippen LogP contribution is 2.34. The van der Waals surface area contributed by atoms with E-state index in [2.05, 4.69) is 24.1 Å². The van der Waals surface area contributed by atoms with Crippen molar-refractivity contribution in [2.75, 3.05) is 0 Å². The van der Waals surface area contributed by atoms with E-state index in [4.69, 9.17) is 0 Å². The fourth-order valence-corrected chi connectivity index (χ4v) is 3.51. The van der Waals surface area contributed by atoms with Gasteiger partial charge < -0.3 is 5.11 Å². The van der Waals surface area contributed by atoms with Crippen LogP contribution >= 0.6 is 22.7 Å².